The van der Waals surface area contributed by atoms with Crippen LogP contribution in [0.5, 0.6) is 11.5 Å². The van der Waals surface area contributed by atoms with E-state index in [0.29, 0.717) is 23.6 Å². The molecule has 3 rings (SSSR count). The van der Waals surface area contributed by atoms with Gasteiger partial charge in [-0.3, -0.25) is 9.52 Å². The van der Waals surface area contributed by atoms with Crippen molar-refractivity contribution in [3.05, 3.63) is 63.3 Å². The number of carboxylic acid groups (broad SMARTS) is 1. The Morgan fingerprint density at radius 3 is 2.69 bits per heavy atom. The van der Waals surface area contributed by atoms with E-state index in [2.05, 4.69) is 15.0 Å². The molecule has 0 aliphatic carbocycles. The van der Waals surface area contributed by atoms with Crippen molar-refractivity contribution in [3.63, 3.8) is 0 Å². The molecule has 0 saturated heterocycles. The third-order valence-electron chi connectivity index (χ3n) is 5.21. The molecule has 1 unspecified atom stereocenters. The van der Waals surface area contributed by atoms with Crippen LogP contribution in [0.2, 0.25) is 10.0 Å². The molecule has 0 aliphatic heterocycles. The van der Waals surface area contributed by atoms with Crippen LogP contribution in [0.4, 0.5) is 9.52 Å². The molecule has 2 aromatic carbocycles. The summed E-state index contributed by atoms with van der Waals surface area (Å²) in [6.45, 7) is 1.86. The summed E-state index contributed by atoms with van der Waals surface area (Å²) in [7, 11) is -4.25. The lowest BCUT2D eigenvalue weighted by Crippen LogP contribution is -2.33. The molecule has 1 aromatic heterocycles. The summed E-state index contributed by atoms with van der Waals surface area (Å²) in [5, 5.41) is 13.9. The zero-order chi connectivity index (χ0) is 26.3. The lowest BCUT2D eigenvalue weighted by atomic mass is 10.0. The molecule has 1 heterocycles. The first-order valence-electron chi connectivity index (χ1n) is 10.9. The normalized spacial score (nSPS) is 12.3. The van der Waals surface area contributed by atoms with Gasteiger partial charge in [0.05, 0.1) is 11.6 Å². The van der Waals surface area contributed by atoms with E-state index in [9.17, 15) is 17.6 Å². The Balaban J connectivity index is 1.75. The van der Waals surface area contributed by atoms with Crippen molar-refractivity contribution in [1.82, 2.24) is 10.3 Å². The number of aromatic nitrogens is 1. The summed E-state index contributed by atoms with van der Waals surface area (Å²) >= 11 is 13.5. The molecule has 0 amide bonds. The van der Waals surface area contributed by atoms with Gasteiger partial charge in [-0.2, -0.15) is 0 Å². The van der Waals surface area contributed by atoms with Crippen LogP contribution in [-0.2, 0) is 21.2 Å². The minimum atomic E-state index is -4.25. The summed E-state index contributed by atoms with van der Waals surface area (Å²) in [6.07, 6.45) is 4.19. The summed E-state index contributed by atoms with van der Waals surface area (Å²) in [5.74, 6) is -1.62. The fraction of sp³-hybridized carbons (Fsp3) is 0.304. The first kappa shape index (κ1) is 28.1. The number of carbonyl (C=O) groups is 1. The molecule has 0 spiro atoms. The van der Waals surface area contributed by atoms with Crippen LogP contribution in [0.15, 0.2) is 46.8 Å². The number of nitrogens with one attached hydrogen (secondary N) is 2. The Bertz CT molecular complexity index is 1310. The van der Waals surface area contributed by atoms with Crippen molar-refractivity contribution < 1.29 is 27.4 Å². The maximum atomic E-state index is 14.8. The monoisotopic (exact) mass is 575 g/mol. The first-order valence-corrected chi connectivity index (χ1v) is 14.0. The van der Waals surface area contributed by atoms with E-state index in [4.69, 9.17) is 33.0 Å². The Hall–Kier alpha value is -2.44. The largest absolute Gasteiger partial charge is 0.480 e. The van der Waals surface area contributed by atoms with Gasteiger partial charge < -0.3 is 15.2 Å². The SMILES string of the molecule is CCC(CCCc1cc(Cl)ccc1Oc1cc(F)c(S(=O)(=O)Nc2nccs2)cc1Cl)NCC(=O)O. The summed E-state index contributed by atoms with van der Waals surface area (Å²) in [5.41, 5.74) is 0.745. The van der Waals surface area contributed by atoms with Gasteiger partial charge in [-0.05, 0) is 55.5 Å². The van der Waals surface area contributed by atoms with Gasteiger partial charge in [-0.1, -0.05) is 30.1 Å². The van der Waals surface area contributed by atoms with E-state index in [1.54, 1.807) is 23.6 Å². The number of benzene rings is 2. The molecule has 1 atom stereocenters. The molecule has 36 heavy (non-hydrogen) atoms. The minimum Gasteiger partial charge on any atom is -0.480 e. The number of halogens is 3. The van der Waals surface area contributed by atoms with Gasteiger partial charge in [0.15, 0.2) is 5.13 Å². The molecule has 0 aliphatic rings. The molecule has 3 N–H and O–H groups in total. The predicted molar refractivity (Wildman–Crippen MR) is 139 cm³/mol. The van der Waals surface area contributed by atoms with Gasteiger partial charge >= 0.3 is 5.97 Å². The lowest BCUT2D eigenvalue weighted by Gasteiger charge is -2.17. The number of hydrogen-bond donors (Lipinski definition) is 3. The highest BCUT2D eigenvalue weighted by Crippen LogP contribution is 2.36. The van der Waals surface area contributed by atoms with Crippen LogP contribution < -0.4 is 14.8 Å². The van der Waals surface area contributed by atoms with E-state index in [1.807, 2.05) is 6.92 Å². The minimum absolute atomic E-state index is 0.0423. The second-order valence-electron chi connectivity index (χ2n) is 7.78. The average molecular weight is 576 g/mol. The number of ether oxygens (including phenoxy) is 1. The van der Waals surface area contributed by atoms with Gasteiger partial charge in [0.25, 0.3) is 10.0 Å². The number of sulfonamides is 1. The van der Waals surface area contributed by atoms with Crippen molar-refractivity contribution in [2.24, 2.45) is 0 Å². The molecule has 8 nitrogen and oxygen atoms in total. The number of aryl methyl sites for hydroxylation is 1. The number of hydrogen-bond acceptors (Lipinski definition) is 7. The van der Waals surface area contributed by atoms with E-state index in [0.717, 1.165) is 41.9 Å². The van der Waals surface area contributed by atoms with Crippen LogP contribution in [0.25, 0.3) is 0 Å². The van der Waals surface area contributed by atoms with Gasteiger partial charge in [0.1, 0.15) is 22.2 Å². The van der Waals surface area contributed by atoms with Crippen molar-refractivity contribution in [1.29, 1.82) is 0 Å². The van der Waals surface area contributed by atoms with E-state index in [1.165, 1.54) is 6.20 Å². The highest BCUT2D eigenvalue weighted by atomic mass is 35.5. The van der Waals surface area contributed by atoms with Crippen molar-refractivity contribution >= 4 is 55.7 Å². The van der Waals surface area contributed by atoms with Crippen molar-refractivity contribution in [2.45, 2.75) is 43.5 Å². The van der Waals surface area contributed by atoms with Gasteiger partial charge in [-0.25, -0.2) is 17.8 Å². The van der Waals surface area contributed by atoms with Gasteiger partial charge in [0.2, 0.25) is 0 Å². The lowest BCUT2D eigenvalue weighted by molar-refractivity contribution is -0.136. The maximum absolute atomic E-state index is 14.8. The molecular formula is C23H24Cl2FN3O5S2. The number of anilines is 1. The van der Waals surface area contributed by atoms with Crippen LogP contribution >= 0.6 is 34.5 Å². The zero-order valence-corrected chi connectivity index (χ0v) is 22.3. The summed E-state index contributed by atoms with van der Waals surface area (Å²) in [6, 6.07) is 6.91. The van der Waals surface area contributed by atoms with Crippen LogP contribution in [0.3, 0.4) is 0 Å². The van der Waals surface area contributed by atoms with Gasteiger partial charge in [-0.15, -0.1) is 11.3 Å². The highest BCUT2D eigenvalue weighted by Gasteiger charge is 2.23. The zero-order valence-electron chi connectivity index (χ0n) is 19.1. The van der Waals surface area contributed by atoms with Gasteiger partial charge in [0, 0.05) is 28.7 Å². The average Bonchev–Trinajstić information content (AvgIpc) is 3.31. The smallest absolute Gasteiger partial charge is 0.317 e. The molecule has 0 radical (unpaired) electrons. The summed E-state index contributed by atoms with van der Waals surface area (Å²) in [4.78, 5) is 14.0. The topological polar surface area (TPSA) is 118 Å². The maximum Gasteiger partial charge on any atom is 0.317 e. The van der Waals surface area contributed by atoms with Crippen LogP contribution in [0.1, 0.15) is 31.7 Å². The highest BCUT2D eigenvalue weighted by molar-refractivity contribution is 7.93. The molecule has 0 saturated carbocycles. The number of thiazole rings is 1. The number of nitrogens with zero attached hydrogens (tertiary/aromatic N) is 1. The van der Waals surface area contributed by atoms with E-state index in [-0.39, 0.29) is 28.5 Å². The van der Waals surface area contributed by atoms with Crippen molar-refractivity contribution in [3.8, 4) is 11.5 Å². The quantitative estimate of drug-likeness (QED) is 0.230. The first-order chi connectivity index (χ1) is 17.1. The Morgan fingerprint density at radius 1 is 1.25 bits per heavy atom. The number of carboxylic acids is 1. The summed E-state index contributed by atoms with van der Waals surface area (Å²) < 4.78 is 48.1. The van der Waals surface area contributed by atoms with Crippen LogP contribution in [0, 0.1) is 5.82 Å². The third-order valence-corrected chi connectivity index (χ3v) is 7.91. The second-order valence-corrected chi connectivity index (χ2v) is 11.2. The molecule has 0 bridgehead atoms. The predicted octanol–water partition coefficient (Wildman–Crippen LogP) is 5.96. The molecular weight excluding hydrogens is 552 g/mol. The van der Waals surface area contributed by atoms with Crippen LogP contribution in [-0.4, -0.2) is 37.1 Å². The fourth-order valence-corrected chi connectivity index (χ4v) is 5.76. The molecule has 194 valence electrons. The molecule has 0 fully saturated rings. The third kappa shape index (κ3) is 7.78. The Kier molecular flexibility index (Phi) is 9.92. The van der Waals surface area contributed by atoms with E-state index < -0.39 is 26.7 Å². The fourth-order valence-electron chi connectivity index (χ4n) is 3.42. The molecule has 3 aromatic rings. The second kappa shape index (κ2) is 12.7. The Labute approximate surface area is 222 Å². The molecule has 13 heteroatoms. The van der Waals surface area contributed by atoms with Crippen molar-refractivity contribution in [2.75, 3.05) is 11.3 Å². The number of rotatable bonds is 13. The number of aliphatic carboxylic acids is 1. The standard InChI is InChI=1S/C23H24Cl2FN3O5S2/c1-2-16(28-13-22(30)31)5-3-4-14-10-15(24)6-7-19(14)34-20-12-18(26)21(11-17(20)25)36(32,33)29-23-27-8-9-35-23/h6-12,16,28H,2-5,13H2,1H3,(H,27,29)(H,30,31). The Morgan fingerprint density at radius 2 is 2.03 bits per heavy atom. The van der Waals surface area contributed by atoms with E-state index >= 15 is 0 Å².